The highest BCUT2D eigenvalue weighted by atomic mass is 16.5. The molecule has 0 amide bonds. The highest BCUT2D eigenvalue weighted by molar-refractivity contribution is 6.00. The second-order valence-electron chi connectivity index (χ2n) is 6.60. The van der Waals surface area contributed by atoms with Crippen molar-refractivity contribution in [2.75, 3.05) is 7.11 Å². The molecule has 0 aliphatic carbocycles. The lowest BCUT2D eigenvalue weighted by atomic mass is 9.87. The molecule has 3 aromatic rings. The highest BCUT2D eigenvalue weighted by Gasteiger charge is 2.18. The molecule has 138 valence electrons. The molecule has 4 heteroatoms. The molecule has 3 rings (SSSR count). The van der Waals surface area contributed by atoms with Gasteiger partial charge in [0.1, 0.15) is 5.75 Å². The number of carbonyl (C=O) groups is 2. The highest BCUT2D eigenvalue weighted by Crippen LogP contribution is 2.28. The van der Waals surface area contributed by atoms with E-state index < -0.39 is 5.97 Å². The normalized spacial score (nSPS) is 11.9. The van der Waals surface area contributed by atoms with Crippen LogP contribution in [0.4, 0.5) is 0 Å². The molecular formula is C23H22O4. The Bertz CT molecular complexity index is 947. The SMILES string of the molecule is COc1ccc2cc(C(=O)CC(CCC(=O)O)c3ccccc3)ccc2c1. The fourth-order valence-electron chi connectivity index (χ4n) is 3.28. The van der Waals surface area contributed by atoms with Crippen LogP contribution in [0.2, 0.25) is 0 Å². The number of aliphatic carboxylic acids is 1. The van der Waals surface area contributed by atoms with Gasteiger partial charge >= 0.3 is 5.97 Å². The van der Waals surface area contributed by atoms with Crippen molar-refractivity contribution in [1.29, 1.82) is 0 Å². The minimum atomic E-state index is -0.844. The average molecular weight is 362 g/mol. The summed E-state index contributed by atoms with van der Waals surface area (Å²) < 4.78 is 5.23. The van der Waals surface area contributed by atoms with Gasteiger partial charge in [0.15, 0.2) is 5.78 Å². The molecule has 0 aliphatic heterocycles. The molecule has 27 heavy (non-hydrogen) atoms. The molecular weight excluding hydrogens is 340 g/mol. The van der Waals surface area contributed by atoms with Crippen LogP contribution in [0.1, 0.15) is 41.1 Å². The first-order chi connectivity index (χ1) is 13.1. The summed E-state index contributed by atoms with van der Waals surface area (Å²) in [5.74, 6) is -0.157. The number of methoxy groups -OCH3 is 1. The molecule has 0 fully saturated rings. The Morgan fingerprint density at radius 3 is 2.37 bits per heavy atom. The first kappa shape index (κ1) is 18.6. The molecule has 4 nitrogen and oxygen atoms in total. The third-order valence-electron chi connectivity index (χ3n) is 4.78. The summed E-state index contributed by atoms with van der Waals surface area (Å²) in [5, 5.41) is 11.0. The van der Waals surface area contributed by atoms with Crippen LogP contribution in [0.3, 0.4) is 0 Å². The molecule has 0 aromatic heterocycles. The molecule has 0 bridgehead atoms. The standard InChI is InChI=1S/C23H22O4/c1-27-21-11-9-17-13-20(8-7-18(17)14-21)22(24)15-19(10-12-23(25)26)16-5-3-2-4-6-16/h2-9,11,13-14,19H,10,12,15H2,1H3,(H,25,26). The van der Waals surface area contributed by atoms with E-state index in [-0.39, 0.29) is 18.1 Å². The first-order valence-corrected chi connectivity index (χ1v) is 8.94. The lowest BCUT2D eigenvalue weighted by molar-refractivity contribution is -0.137. The van der Waals surface area contributed by atoms with Gasteiger partial charge in [-0.3, -0.25) is 9.59 Å². The van der Waals surface area contributed by atoms with Gasteiger partial charge in [0.05, 0.1) is 7.11 Å². The largest absolute Gasteiger partial charge is 0.497 e. The van der Waals surface area contributed by atoms with Gasteiger partial charge in [0, 0.05) is 18.4 Å². The lowest BCUT2D eigenvalue weighted by Gasteiger charge is -2.16. The monoisotopic (exact) mass is 362 g/mol. The second-order valence-corrected chi connectivity index (χ2v) is 6.60. The van der Waals surface area contributed by atoms with E-state index in [0.717, 1.165) is 22.1 Å². The number of fused-ring (bicyclic) bond motifs is 1. The second kappa shape index (κ2) is 8.49. The topological polar surface area (TPSA) is 63.6 Å². The van der Waals surface area contributed by atoms with E-state index in [9.17, 15) is 9.59 Å². The number of hydrogen-bond donors (Lipinski definition) is 1. The first-order valence-electron chi connectivity index (χ1n) is 8.94. The van der Waals surface area contributed by atoms with Crippen LogP contribution in [0.25, 0.3) is 10.8 Å². The number of rotatable bonds is 8. The van der Waals surface area contributed by atoms with Crippen molar-refractivity contribution in [2.24, 2.45) is 0 Å². The third kappa shape index (κ3) is 4.73. The van der Waals surface area contributed by atoms with Crippen LogP contribution in [0.15, 0.2) is 66.7 Å². The van der Waals surface area contributed by atoms with Gasteiger partial charge in [0.2, 0.25) is 0 Å². The van der Waals surface area contributed by atoms with Crippen molar-refractivity contribution in [1.82, 2.24) is 0 Å². The molecule has 1 N–H and O–H groups in total. The van der Waals surface area contributed by atoms with Gasteiger partial charge in [-0.1, -0.05) is 48.5 Å². The zero-order valence-electron chi connectivity index (χ0n) is 15.2. The Balaban J connectivity index is 1.82. The molecule has 0 saturated carbocycles. The van der Waals surface area contributed by atoms with Gasteiger partial charge in [-0.05, 0) is 46.9 Å². The summed E-state index contributed by atoms with van der Waals surface area (Å²) in [7, 11) is 1.62. The van der Waals surface area contributed by atoms with Crippen LogP contribution in [0, 0.1) is 0 Å². The zero-order chi connectivity index (χ0) is 19.2. The van der Waals surface area contributed by atoms with E-state index in [4.69, 9.17) is 9.84 Å². The molecule has 0 radical (unpaired) electrons. The minimum absolute atomic E-state index is 0.0203. The Labute approximate surface area is 158 Å². The van der Waals surface area contributed by atoms with E-state index in [1.807, 2.05) is 66.7 Å². The molecule has 1 atom stereocenters. The molecule has 3 aromatic carbocycles. The van der Waals surface area contributed by atoms with Crippen molar-refractivity contribution in [3.63, 3.8) is 0 Å². The summed E-state index contributed by atoms with van der Waals surface area (Å²) in [4.78, 5) is 23.9. The number of hydrogen-bond acceptors (Lipinski definition) is 3. The predicted molar refractivity (Wildman–Crippen MR) is 106 cm³/mol. The van der Waals surface area contributed by atoms with Crippen LogP contribution in [-0.4, -0.2) is 24.0 Å². The van der Waals surface area contributed by atoms with Crippen molar-refractivity contribution in [3.05, 3.63) is 77.9 Å². The summed E-state index contributed by atoms with van der Waals surface area (Å²) >= 11 is 0. The molecule has 0 aliphatic rings. The van der Waals surface area contributed by atoms with E-state index in [2.05, 4.69) is 0 Å². The molecule has 1 unspecified atom stereocenters. The van der Waals surface area contributed by atoms with Crippen LogP contribution in [0.5, 0.6) is 5.75 Å². The van der Waals surface area contributed by atoms with E-state index >= 15 is 0 Å². The Hall–Kier alpha value is -3.14. The Morgan fingerprint density at radius 2 is 1.67 bits per heavy atom. The Kier molecular flexibility index (Phi) is 5.87. The van der Waals surface area contributed by atoms with Crippen LogP contribution < -0.4 is 4.74 Å². The molecule has 0 spiro atoms. The van der Waals surface area contributed by atoms with Crippen molar-refractivity contribution in [2.45, 2.75) is 25.2 Å². The third-order valence-corrected chi connectivity index (χ3v) is 4.78. The summed E-state index contributed by atoms with van der Waals surface area (Å²) in [5.41, 5.74) is 1.64. The minimum Gasteiger partial charge on any atom is -0.497 e. The molecule has 0 saturated heterocycles. The van der Waals surface area contributed by atoms with Gasteiger partial charge in [-0.2, -0.15) is 0 Å². The summed E-state index contributed by atoms with van der Waals surface area (Å²) in [6, 6.07) is 21.0. The predicted octanol–water partition coefficient (Wildman–Crippen LogP) is 5.07. The fraction of sp³-hybridized carbons (Fsp3) is 0.217. The quantitative estimate of drug-likeness (QED) is 0.568. The Morgan fingerprint density at radius 1 is 0.963 bits per heavy atom. The van der Waals surface area contributed by atoms with Gasteiger partial charge in [-0.15, -0.1) is 0 Å². The summed E-state index contributed by atoms with van der Waals surface area (Å²) in [6.45, 7) is 0. The number of carbonyl (C=O) groups excluding carboxylic acids is 1. The maximum atomic E-state index is 12.9. The average Bonchev–Trinajstić information content (AvgIpc) is 2.70. The van der Waals surface area contributed by atoms with Crippen molar-refractivity contribution in [3.8, 4) is 5.75 Å². The lowest BCUT2D eigenvalue weighted by Crippen LogP contribution is -2.10. The van der Waals surface area contributed by atoms with Crippen molar-refractivity contribution >= 4 is 22.5 Å². The van der Waals surface area contributed by atoms with E-state index in [1.165, 1.54) is 0 Å². The van der Waals surface area contributed by atoms with Crippen LogP contribution in [-0.2, 0) is 4.79 Å². The van der Waals surface area contributed by atoms with Crippen LogP contribution >= 0.6 is 0 Å². The van der Waals surface area contributed by atoms with Crippen molar-refractivity contribution < 1.29 is 19.4 Å². The zero-order valence-corrected chi connectivity index (χ0v) is 15.2. The van der Waals surface area contributed by atoms with E-state index in [1.54, 1.807) is 7.11 Å². The summed E-state index contributed by atoms with van der Waals surface area (Å²) in [6.07, 6.45) is 0.777. The van der Waals surface area contributed by atoms with Gasteiger partial charge in [0.25, 0.3) is 0 Å². The maximum absolute atomic E-state index is 12.9. The van der Waals surface area contributed by atoms with Gasteiger partial charge < -0.3 is 9.84 Å². The number of Topliss-reactive ketones (excluding diaryl/α,β-unsaturated/α-hetero) is 1. The number of carboxylic acids is 1. The number of benzene rings is 3. The smallest absolute Gasteiger partial charge is 0.303 e. The van der Waals surface area contributed by atoms with E-state index in [0.29, 0.717) is 18.4 Å². The maximum Gasteiger partial charge on any atom is 0.303 e. The van der Waals surface area contributed by atoms with Gasteiger partial charge in [-0.25, -0.2) is 0 Å². The number of ether oxygens (including phenoxy) is 1. The number of carboxylic acid groups (broad SMARTS) is 1. The fourth-order valence-corrected chi connectivity index (χ4v) is 3.28. The molecule has 0 heterocycles. The number of ketones is 1.